The van der Waals surface area contributed by atoms with Gasteiger partial charge in [-0.1, -0.05) is 0 Å². The van der Waals surface area contributed by atoms with Gasteiger partial charge in [-0.25, -0.2) is 0 Å². The van der Waals surface area contributed by atoms with Crippen LogP contribution in [0.4, 0.5) is 0 Å². The number of H-pyrrole nitrogens is 1. The first-order valence-electron chi connectivity index (χ1n) is 5.27. The van der Waals surface area contributed by atoms with E-state index in [0.29, 0.717) is 5.56 Å². The van der Waals surface area contributed by atoms with Crippen molar-refractivity contribution in [2.75, 3.05) is 0 Å². The Kier molecular flexibility index (Phi) is 2.30. The first-order chi connectivity index (χ1) is 8.27. The molecule has 0 fully saturated rings. The fourth-order valence-corrected chi connectivity index (χ4v) is 2.76. The Balaban J connectivity index is 2.17. The van der Waals surface area contributed by atoms with Crippen LogP contribution in [0, 0.1) is 6.92 Å². The van der Waals surface area contributed by atoms with E-state index in [1.165, 1.54) is 11.3 Å². The van der Waals surface area contributed by atoms with Crippen molar-refractivity contribution in [3.63, 3.8) is 0 Å². The second-order valence-electron chi connectivity index (χ2n) is 3.89. The van der Waals surface area contributed by atoms with Crippen molar-refractivity contribution in [3.8, 4) is 0 Å². The standard InChI is InChI=1S/C13H10N2OS/c1-8-3-5-17-13(8)12(16)10-7-15-11-2-4-14-6-9(10)11/h2-7,15H,1H3. The second-order valence-corrected chi connectivity index (χ2v) is 4.80. The molecule has 0 aliphatic carbocycles. The molecule has 4 heteroatoms. The minimum atomic E-state index is 0.0664. The molecule has 3 nitrogen and oxygen atoms in total. The van der Waals surface area contributed by atoms with E-state index < -0.39 is 0 Å². The highest BCUT2D eigenvalue weighted by molar-refractivity contribution is 7.12. The third kappa shape index (κ3) is 1.57. The lowest BCUT2D eigenvalue weighted by molar-refractivity contribution is 0.104. The molecule has 84 valence electrons. The van der Waals surface area contributed by atoms with Crippen molar-refractivity contribution in [1.29, 1.82) is 0 Å². The number of rotatable bonds is 2. The highest BCUT2D eigenvalue weighted by Gasteiger charge is 2.16. The highest BCUT2D eigenvalue weighted by Crippen LogP contribution is 2.24. The fourth-order valence-electron chi connectivity index (χ4n) is 1.88. The van der Waals surface area contributed by atoms with Gasteiger partial charge in [-0.15, -0.1) is 11.3 Å². The van der Waals surface area contributed by atoms with Crippen LogP contribution in [0.25, 0.3) is 10.9 Å². The van der Waals surface area contributed by atoms with Gasteiger partial charge in [-0.3, -0.25) is 9.78 Å². The zero-order valence-corrected chi connectivity index (χ0v) is 10.0. The first-order valence-corrected chi connectivity index (χ1v) is 6.15. The molecule has 0 saturated heterocycles. The molecule has 0 saturated carbocycles. The van der Waals surface area contributed by atoms with E-state index in [9.17, 15) is 4.79 Å². The highest BCUT2D eigenvalue weighted by atomic mass is 32.1. The molecule has 0 radical (unpaired) electrons. The van der Waals surface area contributed by atoms with E-state index in [1.807, 2.05) is 24.4 Å². The van der Waals surface area contributed by atoms with E-state index >= 15 is 0 Å². The van der Waals surface area contributed by atoms with Gasteiger partial charge in [0.2, 0.25) is 5.78 Å². The predicted octanol–water partition coefficient (Wildman–Crippen LogP) is 3.16. The Morgan fingerprint density at radius 2 is 2.29 bits per heavy atom. The van der Waals surface area contributed by atoms with Crippen LogP contribution in [0.15, 0.2) is 36.1 Å². The van der Waals surface area contributed by atoms with Crippen LogP contribution in [-0.2, 0) is 0 Å². The number of fused-ring (bicyclic) bond motifs is 1. The minimum absolute atomic E-state index is 0.0664. The third-order valence-corrected chi connectivity index (χ3v) is 3.81. The van der Waals surface area contributed by atoms with Gasteiger partial charge in [0.05, 0.1) is 10.4 Å². The molecule has 3 aromatic rings. The maximum Gasteiger partial charge on any atom is 0.205 e. The smallest absolute Gasteiger partial charge is 0.205 e. The van der Waals surface area contributed by atoms with Gasteiger partial charge in [0, 0.05) is 29.5 Å². The summed E-state index contributed by atoms with van der Waals surface area (Å²) < 4.78 is 0. The average molecular weight is 242 g/mol. The van der Waals surface area contributed by atoms with Crippen molar-refractivity contribution in [1.82, 2.24) is 9.97 Å². The zero-order valence-electron chi connectivity index (χ0n) is 9.23. The summed E-state index contributed by atoms with van der Waals surface area (Å²) in [7, 11) is 0. The topological polar surface area (TPSA) is 45.8 Å². The first kappa shape index (κ1) is 10.2. The van der Waals surface area contributed by atoms with Crippen LogP contribution in [0.1, 0.15) is 20.8 Å². The van der Waals surface area contributed by atoms with Crippen molar-refractivity contribution in [3.05, 3.63) is 52.1 Å². The van der Waals surface area contributed by atoms with E-state index in [2.05, 4.69) is 9.97 Å². The molecule has 0 unspecified atom stereocenters. The summed E-state index contributed by atoms with van der Waals surface area (Å²) in [6.45, 7) is 1.96. The van der Waals surface area contributed by atoms with Crippen LogP contribution in [0.2, 0.25) is 0 Å². The molecule has 0 atom stereocenters. The lowest BCUT2D eigenvalue weighted by Gasteiger charge is -1.97. The van der Waals surface area contributed by atoms with E-state index in [4.69, 9.17) is 0 Å². The van der Waals surface area contributed by atoms with E-state index in [1.54, 1.807) is 18.6 Å². The maximum atomic E-state index is 12.4. The molecule has 0 spiro atoms. The number of aromatic nitrogens is 2. The van der Waals surface area contributed by atoms with Crippen molar-refractivity contribution in [2.24, 2.45) is 0 Å². The van der Waals surface area contributed by atoms with Gasteiger partial charge < -0.3 is 4.98 Å². The number of nitrogens with zero attached hydrogens (tertiary/aromatic N) is 1. The largest absolute Gasteiger partial charge is 0.360 e. The molecule has 17 heavy (non-hydrogen) atoms. The summed E-state index contributed by atoms with van der Waals surface area (Å²) in [5.41, 5.74) is 2.66. The summed E-state index contributed by atoms with van der Waals surface area (Å²) >= 11 is 1.48. The van der Waals surface area contributed by atoms with Crippen LogP contribution < -0.4 is 0 Å². The Bertz CT molecular complexity index is 696. The Morgan fingerprint density at radius 3 is 3.06 bits per heavy atom. The summed E-state index contributed by atoms with van der Waals surface area (Å²) in [5.74, 6) is 0.0664. The lowest BCUT2D eigenvalue weighted by atomic mass is 10.1. The van der Waals surface area contributed by atoms with Crippen molar-refractivity contribution in [2.45, 2.75) is 6.92 Å². The van der Waals surface area contributed by atoms with E-state index in [0.717, 1.165) is 21.3 Å². The molecular formula is C13H10N2OS. The Hall–Kier alpha value is -1.94. The molecule has 0 aliphatic rings. The number of aromatic amines is 1. The molecule has 0 aromatic carbocycles. The van der Waals surface area contributed by atoms with Gasteiger partial charge in [0.25, 0.3) is 0 Å². The number of hydrogen-bond acceptors (Lipinski definition) is 3. The number of ketones is 1. The average Bonchev–Trinajstić information content (AvgIpc) is 2.94. The normalized spacial score (nSPS) is 10.9. The molecule has 0 amide bonds. The summed E-state index contributed by atoms with van der Waals surface area (Å²) in [5, 5.41) is 2.82. The quantitative estimate of drug-likeness (QED) is 0.701. The molecule has 3 aromatic heterocycles. The van der Waals surface area contributed by atoms with Gasteiger partial charge in [0.15, 0.2) is 0 Å². The van der Waals surface area contributed by atoms with Gasteiger partial charge >= 0.3 is 0 Å². The van der Waals surface area contributed by atoms with Crippen LogP contribution in [0.5, 0.6) is 0 Å². The van der Waals surface area contributed by atoms with Crippen molar-refractivity contribution >= 4 is 28.0 Å². The number of thiophene rings is 1. The van der Waals surface area contributed by atoms with Gasteiger partial charge in [0.1, 0.15) is 0 Å². The minimum Gasteiger partial charge on any atom is -0.360 e. The monoisotopic (exact) mass is 242 g/mol. The summed E-state index contributed by atoms with van der Waals surface area (Å²) in [4.78, 5) is 20.3. The van der Waals surface area contributed by atoms with Gasteiger partial charge in [-0.2, -0.15) is 0 Å². The molecule has 0 bridgehead atoms. The predicted molar refractivity (Wildman–Crippen MR) is 68.6 cm³/mol. The Labute approximate surface area is 102 Å². The lowest BCUT2D eigenvalue weighted by Crippen LogP contribution is -1.99. The summed E-state index contributed by atoms with van der Waals surface area (Å²) in [6.07, 6.45) is 5.19. The number of hydrogen-bond donors (Lipinski definition) is 1. The number of pyridine rings is 1. The second kappa shape index (κ2) is 3.82. The Morgan fingerprint density at radius 1 is 1.41 bits per heavy atom. The van der Waals surface area contributed by atoms with Crippen molar-refractivity contribution < 1.29 is 4.79 Å². The SMILES string of the molecule is Cc1ccsc1C(=O)c1c[nH]c2ccncc12. The van der Waals surface area contributed by atoms with Gasteiger partial charge in [-0.05, 0) is 30.0 Å². The maximum absolute atomic E-state index is 12.4. The van der Waals surface area contributed by atoms with Crippen LogP contribution in [-0.4, -0.2) is 15.8 Å². The molecule has 1 N–H and O–H groups in total. The number of aryl methyl sites for hydroxylation is 1. The van der Waals surface area contributed by atoms with E-state index in [-0.39, 0.29) is 5.78 Å². The molecule has 3 rings (SSSR count). The molecule has 3 heterocycles. The number of carbonyl (C=O) groups excluding carboxylic acids is 1. The van der Waals surface area contributed by atoms with Crippen LogP contribution >= 0.6 is 11.3 Å². The number of carbonyl (C=O) groups is 1. The summed E-state index contributed by atoms with van der Waals surface area (Å²) in [6, 6.07) is 3.83. The van der Waals surface area contributed by atoms with Crippen LogP contribution in [0.3, 0.4) is 0 Å². The molecule has 0 aliphatic heterocycles. The number of nitrogens with one attached hydrogen (secondary N) is 1. The molecular weight excluding hydrogens is 232 g/mol. The third-order valence-electron chi connectivity index (χ3n) is 2.80. The zero-order chi connectivity index (χ0) is 11.8. The fraction of sp³-hybridized carbons (Fsp3) is 0.0769.